The van der Waals surface area contributed by atoms with Crippen molar-refractivity contribution in [1.29, 1.82) is 0 Å². The minimum absolute atomic E-state index is 0.0231. The minimum atomic E-state index is -3.90. The number of anilines is 2. The molecule has 35 heavy (non-hydrogen) atoms. The number of amides is 1. The van der Waals surface area contributed by atoms with E-state index in [4.69, 9.17) is 18.9 Å². The van der Waals surface area contributed by atoms with Crippen molar-refractivity contribution in [3.63, 3.8) is 0 Å². The Labute approximate surface area is 205 Å². The molecule has 1 amide bonds. The van der Waals surface area contributed by atoms with Gasteiger partial charge in [0.2, 0.25) is 0 Å². The van der Waals surface area contributed by atoms with Crippen molar-refractivity contribution in [3.05, 3.63) is 66.7 Å². The molecule has 3 aromatic carbocycles. The molecule has 3 rings (SSSR count). The molecule has 0 unspecified atom stereocenters. The van der Waals surface area contributed by atoms with Crippen LogP contribution in [0.1, 0.15) is 13.3 Å². The van der Waals surface area contributed by atoms with Crippen LogP contribution in [0.15, 0.2) is 71.6 Å². The maximum absolute atomic E-state index is 12.8. The topological polar surface area (TPSA) is 112 Å². The molecule has 0 saturated heterocycles. The second-order valence-electron chi connectivity index (χ2n) is 7.38. The van der Waals surface area contributed by atoms with E-state index in [0.717, 1.165) is 0 Å². The highest BCUT2D eigenvalue weighted by atomic mass is 32.2. The van der Waals surface area contributed by atoms with Gasteiger partial charge in [0.15, 0.2) is 6.10 Å². The minimum Gasteiger partial charge on any atom is -0.497 e. The van der Waals surface area contributed by atoms with Gasteiger partial charge in [0, 0.05) is 11.8 Å². The summed E-state index contributed by atoms with van der Waals surface area (Å²) in [6.45, 7) is 1.84. The van der Waals surface area contributed by atoms with E-state index >= 15 is 0 Å². The van der Waals surface area contributed by atoms with Gasteiger partial charge in [-0.15, -0.1) is 0 Å². The standard InChI is InChI=1S/C25H28N2O7S/c1-5-23(34-19-10-8-18(31-2)9-11-19)25(28)26-17-6-13-21(14-7-17)35(29,30)27-22-15-12-20(32-3)16-24(22)33-4/h6-16,23,27H,5H2,1-4H3,(H,26,28)/t23-/m0/s1. The van der Waals surface area contributed by atoms with E-state index in [9.17, 15) is 13.2 Å². The van der Waals surface area contributed by atoms with E-state index in [1.54, 1.807) is 49.6 Å². The predicted molar refractivity (Wildman–Crippen MR) is 133 cm³/mol. The number of rotatable bonds is 11. The van der Waals surface area contributed by atoms with E-state index < -0.39 is 16.1 Å². The second-order valence-corrected chi connectivity index (χ2v) is 9.06. The Balaban J connectivity index is 1.67. The molecule has 0 heterocycles. The summed E-state index contributed by atoms with van der Waals surface area (Å²) in [6.07, 6.45) is -0.284. The summed E-state index contributed by atoms with van der Waals surface area (Å²) < 4.78 is 49.5. The lowest BCUT2D eigenvalue weighted by Gasteiger charge is -2.18. The number of hydrogen-bond donors (Lipinski definition) is 2. The molecule has 10 heteroatoms. The quantitative estimate of drug-likeness (QED) is 0.403. The first-order valence-electron chi connectivity index (χ1n) is 10.8. The third-order valence-electron chi connectivity index (χ3n) is 5.09. The SMILES string of the molecule is CC[C@H](Oc1ccc(OC)cc1)C(=O)Nc1ccc(S(=O)(=O)Nc2ccc(OC)cc2OC)cc1. The van der Waals surface area contributed by atoms with Crippen LogP contribution in [0.5, 0.6) is 23.0 Å². The van der Waals surface area contributed by atoms with E-state index in [0.29, 0.717) is 35.1 Å². The summed E-state index contributed by atoms with van der Waals surface area (Å²) in [7, 11) is 0.617. The maximum atomic E-state index is 12.8. The molecule has 0 spiro atoms. The van der Waals surface area contributed by atoms with Gasteiger partial charge < -0.3 is 24.3 Å². The molecule has 186 valence electrons. The van der Waals surface area contributed by atoms with Crippen LogP contribution in [0.4, 0.5) is 11.4 Å². The molecule has 9 nitrogen and oxygen atoms in total. The third-order valence-corrected chi connectivity index (χ3v) is 6.47. The lowest BCUT2D eigenvalue weighted by molar-refractivity contribution is -0.122. The van der Waals surface area contributed by atoms with Gasteiger partial charge in [0.05, 0.1) is 31.9 Å². The van der Waals surface area contributed by atoms with Crippen molar-refractivity contribution in [2.45, 2.75) is 24.3 Å². The van der Waals surface area contributed by atoms with E-state index in [2.05, 4.69) is 10.0 Å². The highest BCUT2D eigenvalue weighted by Crippen LogP contribution is 2.31. The van der Waals surface area contributed by atoms with Crippen LogP contribution >= 0.6 is 0 Å². The first-order valence-corrected chi connectivity index (χ1v) is 12.2. The lowest BCUT2D eigenvalue weighted by atomic mass is 10.2. The Kier molecular flexibility index (Phi) is 8.43. The zero-order chi connectivity index (χ0) is 25.4. The lowest BCUT2D eigenvalue weighted by Crippen LogP contribution is -2.32. The molecule has 1 atom stereocenters. The smallest absolute Gasteiger partial charge is 0.265 e. The molecular weight excluding hydrogens is 472 g/mol. The van der Waals surface area contributed by atoms with Crippen molar-refractivity contribution in [2.75, 3.05) is 31.4 Å². The number of hydrogen-bond acceptors (Lipinski definition) is 7. The fraction of sp³-hybridized carbons (Fsp3) is 0.240. The number of sulfonamides is 1. The van der Waals surface area contributed by atoms with Gasteiger partial charge in [-0.1, -0.05) is 6.92 Å². The van der Waals surface area contributed by atoms with Crippen molar-refractivity contribution in [2.24, 2.45) is 0 Å². The maximum Gasteiger partial charge on any atom is 0.265 e. The second kappa shape index (κ2) is 11.5. The van der Waals surface area contributed by atoms with Crippen molar-refractivity contribution in [1.82, 2.24) is 0 Å². The van der Waals surface area contributed by atoms with Crippen molar-refractivity contribution >= 4 is 27.3 Å². The molecular formula is C25H28N2O7S. The summed E-state index contributed by atoms with van der Waals surface area (Å²) in [6, 6.07) is 17.5. The number of carbonyl (C=O) groups is 1. The van der Waals surface area contributed by atoms with Gasteiger partial charge in [-0.3, -0.25) is 9.52 Å². The fourth-order valence-electron chi connectivity index (χ4n) is 3.17. The van der Waals surface area contributed by atoms with Crippen LogP contribution in [0.2, 0.25) is 0 Å². The molecule has 0 fully saturated rings. The van der Waals surface area contributed by atoms with E-state index in [1.807, 2.05) is 6.92 Å². The highest BCUT2D eigenvalue weighted by molar-refractivity contribution is 7.92. The molecule has 0 aliphatic heterocycles. The van der Waals surface area contributed by atoms with Crippen molar-refractivity contribution < 1.29 is 32.2 Å². The van der Waals surface area contributed by atoms with Gasteiger partial charge in [-0.2, -0.15) is 0 Å². The van der Waals surface area contributed by atoms with Crippen LogP contribution in [-0.2, 0) is 14.8 Å². The molecule has 0 radical (unpaired) electrons. The summed E-state index contributed by atoms with van der Waals surface area (Å²) >= 11 is 0. The number of nitrogens with one attached hydrogen (secondary N) is 2. The molecule has 3 aromatic rings. The van der Waals surface area contributed by atoms with Gasteiger partial charge in [0.25, 0.3) is 15.9 Å². The highest BCUT2D eigenvalue weighted by Gasteiger charge is 2.20. The number of methoxy groups -OCH3 is 3. The summed E-state index contributed by atoms with van der Waals surface area (Å²) in [5.41, 5.74) is 0.708. The van der Waals surface area contributed by atoms with E-state index in [1.165, 1.54) is 38.5 Å². The number of carbonyl (C=O) groups excluding carboxylic acids is 1. The van der Waals surface area contributed by atoms with Crippen LogP contribution in [0, 0.1) is 0 Å². The Morgan fingerprint density at radius 3 is 2.00 bits per heavy atom. The van der Waals surface area contributed by atoms with Crippen LogP contribution in [0.25, 0.3) is 0 Å². The van der Waals surface area contributed by atoms with Crippen molar-refractivity contribution in [3.8, 4) is 23.0 Å². The summed E-state index contributed by atoms with van der Waals surface area (Å²) in [5, 5.41) is 2.76. The monoisotopic (exact) mass is 500 g/mol. The van der Waals surface area contributed by atoms with Gasteiger partial charge in [0.1, 0.15) is 23.0 Å². The first-order chi connectivity index (χ1) is 16.8. The zero-order valence-electron chi connectivity index (χ0n) is 19.9. The van der Waals surface area contributed by atoms with E-state index in [-0.39, 0.29) is 16.5 Å². The average Bonchev–Trinajstić information content (AvgIpc) is 2.87. The van der Waals surface area contributed by atoms with Gasteiger partial charge in [-0.05, 0) is 67.1 Å². The molecule has 0 aliphatic rings. The van der Waals surface area contributed by atoms with Gasteiger partial charge >= 0.3 is 0 Å². The summed E-state index contributed by atoms with van der Waals surface area (Å²) in [5.74, 6) is 1.73. The van der Waals surface area contributed by atoms with Crippen LogP contribution in [0.3, 0.4) is 0 Å². The Bertz CT molecular complexity index is 1240. The molecule has 0 aliphatic carbocycles. The largest absolute Gasteiger partial charge is 0.497 e. The average molecular weight is 501 g/mol. The molecule has 0 saturated carbocycles. The third kappa shape index (κ3) is 6.57. The first kappa shape index (κ1) is 25.7. The fourth-order valence-corrected chi connectivity index (χ4v) is 4.24. The normalized spacial score (nSPS) is 11.8. The van der Waals surface area contributed by atoms with Crippen LogP contribution in [-0.4, -0.2) is 41.8 Å². The zero-order valence-corrected chi connectivity index (χ0v) is 20.7. The Morgan fingerprint density at radius 2 is 1.43 bits per heavy atom. The van der Waals surface area contributed by atoms with Crippen LogP contribution < -0.4 is 29.0 Å². The predicted octanol–water partition coefficient (Wildman–Crippen LogP) is 4.31. The molecule has 0 bridgehead atoms. The molecule has 2 N–H and O–H groups in total. The Hall–Kier alpha value is -3.92. The Morgan fingerprint density at radius 1 is 0.829 bits per heavy atom. The number of benzene rings is 3. The molecule has 0 aromatic heterocycles. The number of ether oxygens (including phenoxy) is 4. The van der Waals surface area contributed by atoms with Gasteiger partial charge in [-0.25, -0.2) is 8.42 Å². The summed E-state index contributed by atoms with van der Waals surface area (Å²) in [4.78, 5) is 12.7.